The molecule has 0 unspecified atom stereocenters. The summed E-state index contributed by atoms with van der Waals surface area (Å²) in [6, 6.07) is 23.0. The second-order valence-corrected chi connectivity index (χ2v) is 7.44. The zero-order valence-electron chi connectivity index (χ0n) is 18.6. The summed E-state index contributed by atoms with van der Waals surface area (Å²) < 4.78 is 12.6. The molecule has 3 aromatic carbocycles. The SMILES string of the molecule is COc1ccc(-c2nn(-c3ccccc3)cc2C(=O)N(C)c2cccc(C)c2)c(OC)c1. The van der Waals surface area contributed by atoms with Gasteiger partial charge in [-0.25, -0.2) is 4.68 Å². The molecule has 6 nitrogen and oxygen atoms in total. The molecule has 1 amide bonds. The molecule has 0 radical (unpaired) electrons. The van der Waals surface area contributed by atoms with Crippen LogP contribution in [0.4, 0.5) is 5.69 Å². The highest BCUT2D eigenvalue weighted by Gasteiger charge is 2.24. The fraction of sp³-hybridized carbons (Fsp3) is 0.154. The Kier molecular flexibility index (Phi) is 5.94. The number of ether oxygens (including phenoxy) is 2. The maximum Gasteiger partial charge on any atom is 0.261 e. The Bertz CT molecular complexity index is 1250. The number of carbonyl (C=O) groups excluding carboxylic acids is 1. The summed E-state index contributed by atoms with van der Waals surface area (Å²) >= 11 is 0. The Morgan fingerprint density at radius 2 is 1.72 bits per heavy atom. The molecule has 0 saturated carbocycles. The fourth-order valence-corrected chi connectivity index (χ4v) is 3.57. The van der Waals surface area contributed by atoms with Crippen LogP contribution in [0.25, 0.3) is 16.9 Å². The predicted octanol–water partition coefficient (Wildman–Crippen LogP) is 5.14. The van der Waals surface area contributed by atoms with E-state index in [1.54, 1.807) is 43.1 Å². The van der Waals surface area contributed by atoms with Crippen molar-refractivity contribution in [3.05, 3.63) is 90.1 Å². The summed E-state index contributed by atoms with van der Waals surface area (Å²) in [7, 11) is 4.96. The molecule has 0 aliphatic heterocycles. The van der Waals surface area contributed by atoms with E-state index in [1.807, 2.05) is 73.7 Å². The summed E-state index contributed by atoms with van der Waals surface area (Å²) in [5.41, 5.74) is 4.48. The molecule has 0 aliphatic rings. The highest BCUT2D eigenvalue weighted by Crippen LogP contribution is 2.35. The summed E-state index contributed by atoms with van der Waals surface area (Å²) in [5.74, 6) is 1.08. The van der Waals surface area contributed by atoms with E-state index in [0.29, 0.717) is 28.3 Å². The Labute approximate surface area is 187 Å². The van der Waals surface area contributed by atoms with Crippen molar-refractivity contribution in [1.29, 1.82) is 0 Å². The van der Waals surface area contributed by atoms with Gasteiger partial charge in [0.1, 0.15) is 17.2 Å². The van der Waals surface area contributed by atoms with Crippen molar-refractivity contribution in [3.63, 3.8) is 0 Å². The molecule has 0 fully saturated rings. The van der Waals surface area contributed by atoms with Crippen LogP contribution in [0.1, 0.15) is 15.9 Å². The van der Waals surface area contributed by atoms with Crippen LogP contribution < -0.4 is 14.4 Å². The van der Waals surface area contributed by atoms with Crippen molar-refractivity contribution in [2.24, 2.45) is 0 Å². The van der Waals surface area contributed by atoms with Crippen LogP contribution in [-0.4, -0.2) is 37.0 Å². The van der Waals surface area contributed by atoms with Gasteiger partial charge in [0.2, 0.25) is 0 Å². The molecule has 6 heteroatoms. The molecule has 162 valence electrons. The van der Waals surface area contributed by atoms with E-state index in [2.05, 4.69) is 0 Å². The highest BCUT2D eigenvalue weighted by atomic mass is 16.5. The van der Waals surface area contributed by atoms with Crippen molar-refractivity contribution >= 4 is 11.6 Å². The number of hydrogen-bond donors (Lipinski definition) is 0. The van der Waals surface area contributed by atoms with E-state index in [4.69, 9.17) is 14.6 Å². The van der Waals surface area contributed by atoms with Gasteiger partial charge in [-0.3, -0.25) is 4.79 Å². The van der Waals surface area contributed by atoms with Crippen LogP contribution in [-0.2, 0) is 0 Å². The summed E-state index contributed by atoms with van der Waals surface area (Å²) in [6.45, 7) is 2.00. The number of nitrogens with zero attached hydrogens (tertiary/aromatic N) is 3. The van der Waals surface area contributed by atoms with Gasteiger partial charge in [-0.2, -0.15) is 5.10 Å². The monoisotopic (exact) mass is 427 g/mol. The van der Waals surface area contributed by atoms with Crippen LogP contribution in [0.3, 0.4) is 0 Å². The summed E-state index contributed by atoms with van der Waals surface area (Å²) in [4.78, 5) is 15.3. The predicted molar refractivity (Wildman–Crippen MR) is 126 cm³/mol. The van der Waals surface area contributed by atoms with Crippen molar-refractivity contribution in [2.75, 3.05) is 26.2 Å². The molecule has 0 N–H and O–H groups in total. The minimum absolute atomic E-state index is 0.161. The van der Waals surface area contributed by atoms with Crippen molar-refractivity contribution in [1.82, 2.24) is 9.78 Å². The molecule has 32 heavy (non-hydrogen) atoms. The van der Waals surface area contributed by atoms with E-state index in [-0.39, 0.29) is 5.91 Å². The van der Waals surface area contributed by atoms with E-state index in [1.165, 1.54) is 0 Å². The van der Waals surface area contributed by atoms with Gasteiger partial charge in [0.15, 0.2) is 0 Å². The number of benzene rings is 3. The topological polar surface area (TPSA) is 56.6 Å². The normalized spacial score (nSPS) is 10.6. The Morgan fingerprint density at radius 1 is 0.938 bits per heavy atom. The lowest BCUT2D eigenvalue weighted by Crippen LogP contribution is -2.26. The maximum absolute atomic E-state index is 13.6. The smallest absolute Gasteiger partial charge is 0.261 e. The Morgan fingerprint density at radius 3 is 2.41 bits per heavy atom. The van der Waals surface area contributed by atoms with Gasteiger partial charge in [0.05, 0.1) is 25.5 Å². The number of methoxy groups -OCH3 is 2. The first-order valence-corrected chi connectivity index (χ1v) is 10.2. The Balaban J connectivity index is 1.86. The lowest BCUT2D eigenvalue weighted by Gasteiger charge is -2.18. The van der Waals surface area contributed by atoms with Crippen molar-refractivity contribution < 1.29 is 14.3 Å². The van der Waals surface area contributed by atoms with Gasteiger partial charge in [-0.1, -0.05) is 30.3 Å². The van der Waals surface area contributed by atoms with Crippen LogP contribution >= 0.6 is 0 Å². The molecule has 0 bridgehead atoms. The molecule has 0 atom stereocenters. The molecule has 1 aromatic heterocycles. The lowest BCUT2D eigenvalue weighted by molar-refractivity contribution is 0.0993. The number of aryl methyl sites for hydroxylation is 1. The summed E-state index contributed by atoms with van der Waals surface area (Å²) in [5, 5.41) is 4.78. The average molecular weight is 428 g/mol. The van der Waals surface area contributed by atoms with E-state index in [9.17, 15) is 4.79 Å². The highest BCUT2D eigenvalue weighted by molar-refractivity contribution is 6.09. The third-order valence-electron chi connectivity index (χ3n) is 5.32. The van der Waals surface area contributed by atoms with Gasteiger partial charge in [0.25, 0.3) is 5.91 Å². The van der Waals surface area contributed by atoms with E-state index < -0.39 is 0 Å². The zero-order chi connectivity index (χ0) is 22.7. The number of carbonyl (C=O) groups is 1. The molecule has 4 aromatic rings. The van der Waals surface area contributed by atoms with Crippen LogP contribution in [0.5, 0.6) is 11.5 Å². The molecule has 4 rings (SSSR count). The minimum Gasteiger partial charge on any atom is -0.497 e. The fourth-order valence-electron chi connectivity index (χ4n) is 3.57. The second-order valence-electron chi connectivity index (χ2n) is 7.44. The lowest BCUT2D eigenvalue weighted by atomic mass is 10.1. The average Bonchev–Trinajstić information content (AvgIpc) is 3.28. The van der Waals surface area contributed by atoms with Crippen molar-refractivity contribution in [3.8, 4) is 28.4 Å². The molecule has 0 aliphatic carbocycles. The number of rotatable bonds is 6. The third kappa shape index (κ3) is 4.07. The number of amides is 1. The quantitative estimate of drug-likeness (QED) is 0.427. The van der Waals surface area contributed by atoms with Gasteiger partial charge in [-0.05, 0) is 48.9 Å². The Hall–Kier alpha value is -4.06. The van der Waals surface area contributed by atoms with Gasteiger partial charge < -0.3 is 14.4 Å². The number of para-hydroxylation sites is 1. The second kappa shape index (κ2) is 8.98. The largest absolute Gasteiger partial charge is 0.497 e. The first-order chi connectivity index (χ1) is 15.5. The zero-order valence-corrected chi connectivity index (χ0v) is 18.6. The third-order valence-corrected chi connectivity index (χ3v) is 5.32. The molecular weight excluding hydrogens is 402 g/mol. The van der Waals surface area contributed by atoms with Gasteiger partial charge in [-0.15, -0.1) is 0 Å². The number of hydrogen-bond acceptors (Lipinski definition) is 4. The van der Waals surface area contributed by atoms with Gasteiger partial charge >= 0.3 is 0 Å². The van der Waals surface area contributed by atoms with Crippen molar-refractivity contribution in [2.45, 2.75) is 6.92 Å². The van der Waals surface area contributed by atoms with E-state index in [0.717, 1.165) is 16.9 Å². The van der Waals surface area contributed by atoms with Crippen LogP contribution in [0.15, 0.2) is 79.0 Å². The van der Waals surface area contributed by atoms with E-state index >= 15 is 0 Å². The maximum atomic E-state index is 13.6. The first-order valence-electron chi connectivity index (χ1n) is 10.2. The van der Waals surface area contributed by atoms with Crippen LogP contribution in [0, 0.1) is 6.92 Å². The summed E-state index contributed by atoms with van der Waals surface area (Å²) in [6.07, 6.45) is 1.77. The molecule has 0 saturated heterocycles. The number of anilines is 1. The van der Waals surface area contributed by atoms with Gasteiger partial charge in [0, 0.05) is 30.6 Å². The first kappa shape index (κ1) is 21.2. The molecule has 1 heterocycles. The van der Waals surface area contributed by atoms with Crippen LogP contribution in [0.2, 0.25) is 0 Å². The minimum atomic E-state index is -0.161. The standard InChI is InChI=1S/C26H25N3O3/c1-18-9-8-12-20(15-18)28(2)26(30)23-17-29(19-10-6-5-7-11-19)27-25(23)22-14-13-21(31-3)16-24(22)32-4/h5-17H,1-4H3. The molecular formula is C26H25N3O3. The molecule has 0 spiro atoms. The number of aromatic nitrogens is 2.